The van der Waals surface area contributed by atoms with Crippen LogP contribution in [0.5, 0.6) is 17.2 Å². The van der Waals surface area contributed by atoms with Gasteiger partial charge in [0.25, 0.3) is 11.7 Å². The molecule has 0 saturated carbocycles. The summed E-state index contributed by atoms with van der Waals surface area (Å²) in [6.07, 6.45) is 0.686. The average molecular weight is 467 g/mol. The Balaban J connectivity index is 1.79. The van der Waals surface area contributed by atoms with Gasteiger partial charge in [0.05, 0.1) is 18.2 Å². The molecule has 0 spiro atoms. The molecule has 0 aromatic heterocycles. The molecular formula is C26H30N2O6. The fourth-order valence-corrected chi connectivity index (χ4v) is 4.30. The molecule has 2 aromatic carbocycles. The molecular weight excluding hydrogens is 436 g/mol. The first-order valence-electron chi connectivity index (χ1n) is 11.5. The summed E-state index contributed by atoms with van der Waals surface area (Å²) in [5.41, 5.74) is 1.15. The highest BCUT2D eigenvalue weighted by Crippen LogP contribution is 2.41. The maximum atomic E-state index is 13.2. The number of rotatable bonds is 8. The first-order valence-corrected chi connectivity index (χ1v) is 11.5. The third-order valence-electron chi connectivity index (χ3n) is 5.84. The largest absolute Gasteiger partial charge is 0.507 e. The lowest BCUT2D eigenvalue weighted by atomic mass is 9.95. The van der Waals surface area contributed by atoms with E-state index in [9.17, 15) is 14.7 Å². The lowest BCUT2D eigenvalue weighted by Gasteiger charge is -2.26. The van der Waals surface area contributed by atoms with Crippen molar-refractivity contribution >= 4 is 17.4 Å². The van der Waals surface area contributed by atoms with Crippen molar-refractivity contribution in [2.24, 2.45) is 0 Å². The van der Waals surface area contributed by atoms with Crippen molar-refractivity contribution in [3.8, 4) is 17.2 Å². The third-order valence-corrected chi connectivity index (χ3v) is 5.84. The Morgan fingerprint density at radius 2 is 1.88 bits per heavy atom. The van der Waals surface area contributed by atoms with Crippen LogP contribution in [0.3, 0.4) is 0 Å². The minimum Gasteiger partial charge on any atom is -0.507 e. The molecule has 1 saturated heterocycles. The van der Waals surface area contributed by atoms with Crippen molar-refractivity contribution in [3.63, 3.8) is 0 Å². The number of nitrogens with zero attached hydrogens (tertiary/aromatic N) is 2. The number of ether oxygens (including phenoxy) is 3. The van der Waals surface area contributed by atoms with Crippen LogP contribution in [-0.2, 0) is 9.59 Å². The van der Waals surface area contributed by atoms with Gasteiger partial charge in [-0.25, -0.2) is 0 Å². The third kappa shape index (κ3) is 4.72. The highest BCUT2D eigenvalue weighted by molar-refractivity contribution is 6.46. The maximum absolute atomic E-state index is 13.2. The van der Waals surface area contributed by atoms with Crippen molar-refractivity contribution in [3.05, 3.63) is 59.2 Å². The van der Waals surface area contributed by atoms with Gasteiger partial charge >= 0.3 is 0 Å². The number of aliphatic hydroxyl groups is 1. The zero-order valence-electron chi connectivity index (χ0n) is 19.7. The molecule has 8 heteroatoms. The summed E-state index contributed by atoms with van der Waals surface area (Å²) in [5.74, 6) is 0.141. The summed E-state index contributed by atoms with van der Waals surface area (Å²) in [5, 5.41) is 11.3. The van der Waals surface area contributed by atoms with Gasteiger partial charge < -0.3 is 29.1 Å². The summed E-state index contributed by atoms with van der Waals surface area (Å²) in [6.45, 7) is 4.37. The van der Waals surface area contributed by atoms with Crippen molar-refractivity contribution in [1.82, 2.24) is 9.80 Å². The molecule has 1 amide bonds. The van der Waals surface area contributed by atoms with Gasteiger partial charge in [-0.2, -0.15) is 0 Å². The van der Waals surface area contributed by atoms with Gasteiger partial charge in [-0.05, 0) is 69.9 Å². The second-order valence-corrected chi connectivity index (χ2v) is 8.51. The first kappa shape index (κ1) is 23.6. The number of carbonyl (C=O) groups excluding carboxylic acids is 2. The van der Waals surface area contributed by atoms with Crippen LogP contribution in [0.15, 0.2) is 48.0 Å². The Kier molecular flexibility index (Phi) is 7.07. The van der Waals surface area contributed by atoms with Crippen molar-refractivity contribution in [2.45, 2.75) is 19.4 Å². The smallest absolute Gasteiger partial charge is 0.295 e. The first-order chi connectivity index (χ1) is 16.4. The number of ketones is 1. The molecule has 2 aliphatic rings. The average Bonchev–Trinajstić information content (AvgIpc) is 3.08. The molecule has 2 aromatic rings. The fraction of sp³-hybridized carbons (Fsp3) is 0.385. The highest BCUT2D eigenvalue weighted by atomic mass is 16.6. The lowest BCUT2D eigenvalue weighted by Crippen LogP contribution is -2.32. The van der Waals surface area contributed by atoms with Crippen LogP contribution in [0.1, 0.15) is 30.5 Å². The Bertz CT molecular complexity index is 1110. The fourth-order valence-electron chi connectivity index (χ4n) is 4.30. The van der Waals surface area contributed by atoms with Crippen LogP contribution in [0.4, 0.5) is 0 Å². The number of fused-ring (bicyclic) bond motifs is 1. The molecule has 0 radical (unpaired) electrons. The summed E-state index contributed by atoms with van der Waals surface area (Å²) in [7, 11) is 3.91. The molecule has 34 heavy (non-hydrogen) atoms. The van der Waals surface area contributed by atoms with E-state index in [1.54, 1.807) is 23.1 Å². The molecule has 8 nitrogen and oxygen atoms in total. The predicted octanol–water partition coefficient (Wildman–Crippen LogP) is 3.23. The van der Waals surface area contributed by atoms with Gasteiger partial charge in [0.15, 0.2) is 11.5 Å². The molecule has 1 N–H and O–H groups in total. The van der Waals surface area contributed by atoms with Gasteiger partial charge in [-0.15, -0.1) is 0 Å². The summed E-state index contributed by atoms with van der Waals surface area (Å²) < 4.78 is 16.8. The van der Waals surface area contributed by atoms with Crippen LogP contribution >= 0.6 is 0 Å². The number of likely N-dealkylation sites (tertiary alicyclic amines) is 1. The summed E-state index contributed by atoms with van der Waals surface area (Å²) in [4.78, 5) is 29.9. The van der Waals surface area contributed by atoms with E-state index in [-0.39, 0.29) is 11.3 Å². The number of aliphatic hydroxyl groups excluding tert-OH is 1. The predicted molar refractivity (Wildman–Crippen MR) is 127 cm³/mol. The van der Waals surface area contributed by atoms with Gasteiger partial charge in [0.1, 0.15) is 24.7 Å². The standard InChI is InChI=1S/C26H30N2O6/c1-4-32-19-8-5-7-17(15-19)23-22(25(30)26(31)28(23)12-6-11-27(2)3)24(29)18-9-10-20-21(16-18)34-14-13-33-20/h5,7-10,15-16,23,29H,4,6,11-14H2,1-3H3/t23-/m0/s1. The maximum Gasteiger partial charge on any atom is 0.295 e. The minimum absolute atomic E-state index is 0.0557. The topological polar surface area (TPSA) is 88.5 Å². The minimum atomic E-state index is -0.726. The monoisotopic (exact) mass is 466 g/mol. The van der Waals surface area contributed by atoms with Crippen LogP contribution in [-0.4, -0.2) is 73.6 Å². The Labute approximate surface area is 199 Å². The quantitative estimate of drug-likeness (QED) is 0.363. The molecule has 0 bridgehead atoms. The molecule has 4 rings (SSSR count). The van der Waals surface area contributed by atoms with Crippen LogP contribution < -0.4 is 14.2 Å². The van der Waals surface area contributed by atoms with Crippen molar-refractivity contribution in [1.29, 1.82) is 0 Å². The number of carbonyl (C=O) groups is 2. The Hall–Kier alpha value is -3.52. The van der Waals surface area contributed by atoms with Gasteiger partial charge in [-0.3, -0.25) is 9.59 Å². The molecule has 1 atom stereocenters. The molecule has 2 aliphatic heterocycles. The number of hydrogen-bond acceptors (Lipinski definition) is 7. The van der Waals surface area contributed by atoms with Crippen LogP contribution in [0.25, 0.3) is 5.76 Å². The lowest BCUT2D eigenvalue weighted by molar-refractivity contribution is -0.139. The zero-order chi connectivity index (χ0) is 24.2. The molecule has 1 fully saturated rings. The van der Waals surface area contributed by atoms with Crippen molar-refractivity contribution < 1.29 is 28.9 Å². The second kappa shape index (κ2) is 10.2. The van der Waals surface area contributed by atoms with E-state index in [1.165, 1.54) is 0 Å². The normalized spacial score (nSPS) is 19.1. The molecule has 2 heterocycles. The van der Waals surface area contributed by atoms with Crippen LogP contribution in [0.2, 0.25) is 0 Å². The Morgan fingerprint density at radius 3 is 2.62 bits per heavy atom. The van der Waals surface area contributed by atoms with Crippen LogP contribution in [0, 0.1) is 0 Å². The van der Waals surface area contributed by atoms with Gasteiger partial charge in [0.2, 0.25) is 0 Å². The number of amides is 1. The van der Waals surface area contributed by atoms with E-state index in [0.29, 0.717) is 61.2 Å². The summed E-state index contributed by atoms with van der Waals surface area (Å²) in [6, 6.07) is 11.6. The second-order valence-electron chi connectivity index (χ2n) is 8.51. The van der Waals surface area contributed by atoms with Crippen molar-refractivity contribution in [2.75, 3.05) is 47.0 Å². The van der Waals surface area contributed by atoms with E-state index < -0.39 is 17.7 Å². The number of Topliss-reactive ketones (excluding diaryl/α,β-unsaturated/α-hetero) is 1. The number of benzene rings is 2. The molecule has 0 unspecified atom stereocenters. The van der Waals surface area contributed by atoms with Gasteiger partial charge in [0, 0.05) is 12.1 Å². The molecule has 0 aliphatic carbocycles. The number of hydrogen-bond donors (Lipinski definition) is 1. The zero-order valence-corrected chi connectivity index (χ0v) is 19.7. The van der Waals surface area contributed by atoms with E-state index in [2.05, 4.69) is 0 Å². The SMILES string of the molecule is CCOc1cccc([C@H]2C(=C(O)c3ccc4c(c3)OCCO4)C(=O)C(=O)N2CCCN(C)C)c1. The Morgan fingerprint density at radius 1 is 1.12 bits per heavy atom. The van der Waals surface area contributed by atoms with Gasteiger partial charge in [-0.1, -0.05) is 12.1 Å². The highest BCUT2D eigenvalue weighted by Gasteiger charge is 2.46. The van der Waals surface area contributed by atoms with E-state index in [0.717, 1.165) is 6.54 Å². The molecule has 180 valence electrons. The van der Waals surface area contributed by atoms with E-state index >= 15 is 0 Å². The van der Waals surface area contributed by atoms with E-state index in [1.807, 2.05) is 50.2 Å². The van der Waals surface area contributed by atoms with E-state index in [4.69, 9.17) is 14.2 Å². The summed E-state index contributed by atoms with van der Waals surface area (Å²) >= 11 is 0.